The fraction of sp³-hybridized carbons (Fsp3) is 0.769. The summed E-state index contributed by atoms with van der Waals surface area (Å²) in [4.78, 5) is 4.40. The van der Waals surface area contributed by atoms with Crippen LogP contribution >= 0.6 is 0 Å². The molecule has 0 amide bonds. The van der Waals surface area contributed by atoms with Crippen molar-refractivity contribution >= 4 is 0 Å². The van der Waals surface area contributed by atoms with Gasteiger partial charge in [-0.3, -0.25) is 0 Å². The van der Waals surface area contributed by atoms with Gasteiger partial charge in [-0.1, -0.05) is 32.9 Å². The van der Waals surface area contributed by atoms with Crippen LogP contribution in [0.1, 0.15) is 51.4 Å². The van der Waals surface area contributed by atoms with Crippen molar-refractivity contribution in [3.63, 3.8) is 0 Å². The number of hydrogen-bond donors (Lipinski definition) is 0. The standard InChI is InChI=1S/C13H19N3O2/c1-7(2)10(17-5)11-15-12(18-16-11)9-8(6-14)13(9,3)4/h7-10H,1-5H3. The lowest BCUT2D eigenvalue weighted by molar-refractivity contribution is 0.0555. The maximum atomic E-state index is 9.06. The molecular formula is C13H19N3O2. The quantitative estimate of drug-likeness (QED) is 0.820. The molecule has 0 saturated heterocycles. The van der Waals surface area contributed by atoms with Crippen LogP contribution in [-0.2, 0) is 4.74 Å². The lowest BCUT2D eigenvalue weighted by Gasteiger charge is -2.14. The van der Waals surface area contributed by atoms with Gasteiger partial charge in [-0.15, -0.1) is 0 Å². The highest BCUT2D eigenvalue weighted by Crippen LogP contribution is 2.63. The predicted molar refractivity (Wildman–Crippen MR) is 64.5 cm³/mol. The van der Waals surface area contributed by atoms with Gasteiger partial charge in [0.25, 0.3) is 0 Å². The molecule has 0 bridgehead atoms. The van der Waals surface area contributed by atoms with E-state index in [1.165, 1.54) is 0 Å². The Morgan fingerprint density at radius 1 is 1.44 bits per heavy atom. The Hall–Kier alpha value is -1.41. The van der Waals surface area contributed by atoms with E-state index in [0.29, 0.717) is 11.7 Å². The van der Waals surface area contributed by atoms with Crippen LogP contribution in [-0.4, -0.2) is 17.3 Å². The molecule has 0 spiro atoms. The number of aromatic nitrogens is 2. The van der Waals surface area contributed by atoms with Gasteiger partial charge in [0.1, 0.15) is 6.10 Å². The lowest BCUT2D eigenvalue weighted by atomic mass is 10.1. The van der Waals surface area contributed by atoms with E-state index in [2.05, 4.69) is 16.2 Å². The summed E-state index contributed by atoms with van der Waals surface area (Å²) in [7, 11) is 1.64. The largest absolute Gasteiger partial charge is 0.373 e. The average Bonchev–Trinajstić information content (AvgIpc) is 2.65. The number of nitrogens with zero attached hydrogens (tertiary/aromatic N) is 3. The van der Waals surface area contributed by atoms with Crippen molar-refractivity contribution in [1.82, 2.24) is 10.1 Å². The summed E-state index contributed by atoms with van der Waals surface area (Å²) in [5.41, 5.74) is -0.0705. The van der Waals surface area contributed by atoms with Crippen molar-refractivity contribution in [2.24, 2.45) is 17.3 Å². The first-order chi connectivity index (χ1) is 8.43. The van der Waals surface area contributed by atoms with E-state index in [4.69, 9.17) is 14.5 Å². The lowest BCUT2D eigenvalue weighted by Crippen LogP contribution is -2.10. The minimum Gasteiger partial charge on any atom is -0.373 e. The molecule has 1 aromatic rings. The molecule has 98 valence electrons. The van der Waals surface area contributed by atoms with Gasteiger partial charge >= 0.3 is 0 Å². The van der Waals surface area contributed by atoms with Crippen molar-refractivity contribution in [3.05, 3.63) is 11.7 Å². The minimum absolute atomic E-state index is 0.0363. The second-order valence-electron chi connectivity index (χ2n) is 5.80. The first-order valence-corrected chi connectivity index (χ1v) is 6.19. The highest BCUT2D eigenvalue weighted by atomic mass is 16.5. The van der Waals surface area contributed by atoms with E-state index in [-0.39, 0.29) is 29.3 Å². The molecule has 1 aliphatic carbocycles. The van der Waals surface area contributed by atoms with E-state index in [1.807, 2.05) is 27.7 Å². The molecule has 18 heavy (non-hydrogen) atoms. The van der Waals surface area contributed by atoms with E-state index < -0.39 is 0 Å². The Kier molecular flexibility index (Phi) is 3.16. The molecule has 0 aromatic carbocycles. The number of methoxy groups -OCH3 is 1. The maximum Gasteiger partial charge on any atom is 0.231 e. The van der Waals surface area contributed by atoms with Gasteiger partial charge < -0.3 is 9.26 Å². The van der Waals surface area contributed by atoms with E-state index in [1.54, 1.807) is 7.11 Å². The molecule has 1 aliphatic rings. The van der Waals surface area contributed by atoms with Crippen LogP contribution < -0.4 is 0 Å². The number of nitriles is 1. The Bertz CT molecular complexity index is 473. The van der Waals surface area contributed by atoms with Crippen LogP contribution in [0.25, 0.3) is 0 Å². The average molecular weight is 249 g/mol. The number of hydrogen-bond acceptors (Lipinski definition) is 5. The SMILES string of the molecule is COC(c1noc(C2C(C#N)C2(C)C)n1)C(C)C. The normalized spacial score (nSPS) is 26.9. The molecular weight excluding hydrogens is 230 g/mol. The molecule has 3 unspecified atom stereocenters. The summed E-state index contributed by atoms with van der Waals surface area (Å²) in [5, 5.41) is 13.0. The highest BCUT2D eigenvalue weighted by molar-refractivity contribution is 5.26. The summed E-state index contributed by atoms with van der Waals surface area (Å²) < 4.78 is 10.7. The summed E-state index contributed by atoms with van der Waals surface area (Å²) in [6.07, 6.45) is -0.162. The van der Waals surface area contributed by atoms with Crippen LogP contribution in [0.5, 0.6) is 0 Å². The zero-order valence-electron chi connectivity index (χ0n) is 11.5. The zero-order valence-corrected chi connectivity index (χ0v) is 11.5. The van der Waals surface area contributed by atoms with Crippen molar-refractivity contribution in [2.45, 2.75) is 39.7 Å². The topological polar surface area (TPSA) is 71.9 Å². The fourth-order valence-corrected chi connectivity index (χ4v) is 2.50. The summed E-state index contributed by atoms with van der Waals surface area (Å²) >= 11 is 0. The van der Waals surface area contributed by atoms with Crippen molar-refractivity contribution in [2.75, 3.05) is 7.11 Å². The zero-order chi connectivity index (χ0) is 13.5. The third-order valence-corrected chi connectivity index (χ3v) is 3.80. The van der Waals surface area contributed by atoms with Crippen molar-refractivity contribution in [3.8, 4) is 6.07 Å². The molecule has 1 saturated carbocycles. The fourth-order valence-electron chi connectivity index (χ4n) is 2.50. The molecule has 1 aromatic heterocycles. The smallest absolute Gasteiger partial charge is 0.231 e. The molecule has 0 N–H and O–H groups in total. The van der Waals surface area contributed by atoms with Crippen LogP contribution in [0.3, 0.4) is 0 Å². The van der Waals surface area contributed by atoms with Crippen molar-refractivity contribution < 1.29 is 9.26 Å². The Labute approximate surface area is 107 Å². The summed E-state index contributed by atoms with van der Waals surface area (Å²) in [6.45, 7) is 8.18. The molecule has 0 aliphatic heterocycles. The molecule has 2 rings (SSSR count). The van der Waals surface area contributed by atoms with Crippen LogP contribution in [0.4, 0.5) is 0 Å². The Morgan fingerprint density at radius 3 is 2.56 bits per heavy atom. The van der Waals surface area contributed by atoms with E-state index in [0.717, 1.165) is 0 Å². The highest BCUT2D eigenvalue weighted by Gasteiger charge is 2.62. The van der Waals surface area contributed by atoms with Crippen LogP contribution in [0, 0.1) is 28.6 Å². The van der Waals surface area contributed by atoms with Gasteiger partial charge in [-0.25, -0.2) is 0 Å². The van der Waals surface area contributed by atoms with Gasteiger partial charge in [-0.2, -0.15) is 10.2 Å². The third kappa shape index (κ3) is 1.91. The van der Waals surface area contributed by atoms with E-state index in [9.17, 15) is 0 Å². The first-order valence-electron chi connectivity index (χ1n) is 6.19. The summed E-state index contributed by atoms with van der Waals surface area (Å²) in [6, 6.07) is 2.29. The van der Waals surface area contributed by atoms with E-state index >= 15 is 0 Å². The Morgan fingerprint density at radius 2 is 2.11 bits per heavy atom. The van der Waals surface area contributed by atoms with Crippen molar-refractivity contribution in [1.29, 1.82) is 5.26 Å². The number of ether oxygens (including phenoxy) is 1. The second-order valence-corrected chi connectivity index (χ2v) is 5.80. The minimum atomic E-state index is -0.162. The van der Waals surface area contributed by atoms with Gasteiger partial charge in [0, 0.05) is 7.11 Å². The first kappa shape index (κ1) is 13.0. The molecule has 5 nitrogen and oxygen atoms in total. The molecule has 1 fully saturated rings. The molecule has 0 radical (unpaired) electrons. The Balaban J connectivity index is 2.20. The van der Waals surface area contributed by atoms with Crippen LogP contribution in [0.2, 0.25) is 0 Å². The maximum absolute atomic E-state index is 9.06. The second kappa shape index (κ2) is 4.36. The third-order valence-electron chi connectivity index (χ3n) is 3.80. The van der Waals surface area contributed by atoms with Gasteiger partial charge in [0.05, 0.1) is 17.9 Å². The predicted octanol–water partition coefficient (Wildman–Crippen LogP) is 2.68. The monoisotopic (exact) mass is 249 g/mol. The summed E-state index contributed by atoms with van der Waals surface area (Å²) in [5.74, 6) is 1.42. The van der Waals surface area contributed by atoms with Crippen LogP contribution in [0.15, 0.2) is 4.52 Å². The molecule has 3 atom stereocenters. The van der Waals surface area contributed by atoms with Gasteiger partial charge in [0.2, 0.25) is 11.7 Å². The number of rotatable bonds is 4. The molecule has 1 heterocycles. The van der Waals surface area contributed by atoms with Gasteiger partial charge in [0.15, 0.2) is 0 Å². The van der Waals surface area contributed by atoms with Gasteiger partial charge in [-0.05, 0) is 11.3 Å². The molecule has 5 heteroatoms.